The van der Waals surface area contributed by atoms with Gasteiger partial charge in [0.2, 0.25) is 0 Å². The summed E-state index contributed by atoms with van der Waals surface area (Å²) in [6.45, 7) is 3.78. The van der Waals surface area contributed by atoms with Crippen LogP contribution in [-0.2, 0) is 33.4 Å². The predicted molar refractivity (Wildman–Crippen MR) is 135 cm³/mol. The number of cyclic esters (lactones) is 1. The fraction of sp³-hybridized carbons (Fsp3) is 0.500. The van der Waals surface area contributed by atoms with Crippen LogP contribution in [0.4, 0.5) is 0 Å². The fourth-order valence-corrected chi connectivity index (χ4v) is 7.32. The highest BCUT2D eigenvalue weighted by atomic mass is 16.6. The lowest BCUT2D eigenvalue weighted by Crippen LogP contribution is -2.64. The smallest absolute Gasteiger partial charge is 0.314 e. The van der Waals surface area contributed by atoms with Gasteiger partial charge in [-0.2, -0.15) is 0 Å². The van der Waals surface area contributed by atoms with E-state index in [1.54, 1.807) is 36.4 Å². The molecule has 1 aromatic carbocycles. The summed E-state index contributed by atoms with van der Waals surface area (Å²) in [4.78, 5) is 65.9. The molecule has 1 aromatic heterocycles. The van der Waals surface area contributed by atoms with Gasteiger partial charge in [0.25, 0.3) is 0 Å². The van der Waals surface area contributed by atoms with E-state index in [0.29, 0.717) is 30.4 Å². The van der Waals surface area contributed by atoms with E-state index in [1.807, 2.05) is 13.8 Å². The molecule has 9 nitrogen and oxygen atoms in total. The summed E-state index contributed by atoms with van der Waals surface area (Å²) in [6, 6.07) is 10.1. The molecule has 3 aliphatic rings. The van der Waals surface area contributed by atoms with Crippen LogP contribution in [0.25, 0.3) is 0 Å². The van der Waals surface area contributed by atoms with Crippen LogP contribution in [0.3, 0.4) is 0 Å². The maximum absolute atomic E-state index is 14.2. The molecule has 3 fully saturated rings. The number of hydrogen-bond donors (Lipinski definition) is 0. The summed E-state index contributed by atoms with van der Waals surface area (Å²) in [5, 5.41) is 0. The number of Topliss-reactive ketones (excluding diaryl/α,β-unsaturated/α-hetero) is 2. The Hall–Kier alpha value is -3.75. The number of furan rings is 1. The van der Waals surface area contributed by atoms with Gasteiger partial charge in [0, 0.05) is 23.5 Å². The van der Waals surface area contributed by atoms with Crippen LogP contribution in [0.1, 0.15) is 68.0 Å². The van der Waals surface area contributed by atoms with Crippen LogP contribution in [0.5, 0.6) is 0 Å². The standard InChI is InChI=1S/C30H32O9/c1-29-11-9-19-28(35)39-23(18-10-12-37-16-18)15-30(19,2)26(29)25(33)22(13-20(29)27(34)36-3)38-24(32)14-21(31)17-7-5-4-6-8-17/h4-8,10,12,16,19-20,22-23,26H,9,11,13-15H2,1-3H3/t19-,20-,22-,23-,26-,29-,30-/m0/s1. The second-order valence-electron chi connectivity index (χ2n) is 11.4. The summed E-state index contributed by atoms with van der Waals surface area (Å²) < 4.78 is 21.7. The molecule has 0 unspecified atom stereocenters. The lowest BCUT2D eigenvalue weighted by Gasteiger charge is -2.61. The highest BCUT2D eigenvalue weighted by Gasteiger charge is 2.67. The summed E-state index contributed by atoms with van der Waals surface area (Å²) in [6.07, 6.45) is 1.80. The van der Waals surface area contributed by atoms with Gasteiger partial charge in [-0.05, 0) is 36.2 Å². The molecule has 2 aliphatic carbocycles. The minimum atomic E-state index is -1.25. The highest BCUT2D eigenvalue weighted by molar-refractivity contribution is 6.06. The molecular weight excluding hydrogens is 504 g/mol. The van der Waals surface area contributed by atoms with Crippen molar-refractivity contribution >= 4 is 29.5 Å². The zero-order valence-electron chi connectivity index (χ0n) is 22.2. The number of carbonyl (C=O) groups is 5. The molecule has 2 aromatic rings. The van der Waals surface area contributed by atoms with Crippen LogP contribution in [0, 0.1) is 28.6 Å². The molecule has 5 rings (SSSR count). The number of methoxy groups -OCH3 is 1. The van der Waals surface area contributed by atoms with Crippen molar-refractivity contribution in [3.8, 4) is 0 Å². The minimum absolute atomic E-state index is 0.0415. The molecule has 0 radical (unpaired) electrons. The van der Waals surface area contributed by atoms with Gasteiger partial charge < -0.3 is 18.6 Å². The van der Waals surface area contributed by atoms with Crippen LogP contribution in [0.2, 0.25) is 0 Å². The molecule has 0 spiro atoms. The number of fused-ring (bicyclic) bond motifs is 3. The van der Waals surface area contributed by atoms with Crippen LogP contribution >= 0.6 is 0 Å². The summed E-state index contributed by atoms with van der Waals surface area (Å²) in [5.41, 5.74) is -0.654. The molecule has 0 amide bonds. The maximum Gasteiger partial charge on any atom is 0.314 e. The van der Waals surface area contributed by atoms with E-state index in [4.69, 9.17) is 18.6 Å². The van der Waals surface area contributed by atoms with E-state index in [1.165, 1.54) is 19.6 Å². The van der Waals surface area contributed by atoms with Crippen LogP contribution in [0.15, 0.2) is 53.3 Å². The molecule has 1 saturated heterocycles. The number of carbonyl (C=O) groups excluding carboxylic acids is 5. The number of hydrogen-bond acceptors (Lipinski definition) is 9. The summed E-state index contributed by atoms with van der Waals surface area (Å²) >= 11 is 0. The van der Waals surface area contributed by atoms with Gasteiger partial charge in [0.05, 0.1) is 31.5 Å². The molecule has 7 atom stereocenters. The van der Waals surface area contributed by atoms with Crippen molar-refractivity contribution in [2.24, 2.45) is 28.6 Å². The minimum Gasteiger partial charge on any atom is -0.472 e. The van der Waals surface area contributed by atoms with Crippen molar-refractivity contribution in [2.45, 2.75) is 58.2 Å². The predicted octanol–water partition coefficient (Wildman–Crippen LogP) is 4.25. The molecule has 9 heteroatoms. The Morgan fingerprint density at radius 3 is 2.46 bits per heavy atom. The van der Waals surface area contributed by atoms with Crippen molar-refractivity contribution in [3.63, 3.8) is 0 Å². The molecule has 1 aliphatic heterocycles. The topological polar surface area (TPSA) is 126 Å². The Balaban J connectivity index is 1.46. The van der Waals surface area contributed by atoms with E-state index in [2.05, 4.69) is 0 Å². The largest absolute Gasteiger partial charge is 0.472 e. The molecule has 39 heavy (non-hydrogen) atoms. The van der Waals surface area contributed by atoms with Gasteiger partial charge in [-0.3, -0.25) is 24.0 Å². The van der Waals surface area contributed by atoms with Gasteiger partial charge >= 0.3 is 17.9 Å². The average Bonchev–Trinajstić information content (AvgIpc) is 3.45. The Morgan fingerprint density at radius 2 is 1.79 bits per heavy atom. The zero-order chi connectivity index (χ0) is 27.9. The van der Waals surface area contributed by atoms with Gasteiger partial charge in [0.15, 0.2) is 17.7 Å². The maximum atomic E-state index is 14.2. The molecular formula is C30H32O9. The first kappa shape index (κ1) is 26.8. The lowest BCUT2D eigenvalue weighted by molar-refractivity contribution is -0.210. The third-order valence-corrected chi connectivity index (χ3v) is 9.18. The van der Waals surface area contributed by atoms with Gasteiger partial charge in [-0.15, -0.1) is 0 Å². The highest BCUT2D eigenvalue weighted by Crippen LogP contribution is 2.65. The van der Waals surface area contributed by atoms with E-state index >= 15 is 0 Å². The fourth-order valence-electron chi connectivity index (χ4n) is 7.32. The Morgan fingerprint density at radius 1 is 1.05 bits per heavy atom. The van der Waals surface area contributed by atoms with Crippen molar-refractivity contribution in [1.82, 2.24) is 0 Å². The van der Waals surface area contributed by atoms with Crippen molar-refractivity contribution in [3.05, 3.63) is 60.1 Å². The quantitative estimate of drug-likeness (QED) is 0.230. The summed E-state index contributed by atoms with van der Waals surface area (Å²) in [5.74, 6) is -4.59. The second kappa shape index (κ2) is 10.1. The van der Waals surface area contributed by atoms with Crippen molar-refractivity contribution in [2.75, 3.05) is 7.11 Å². The normalized spacial score (nSPS) is 33.8. The third kappa shape index (κ3) is 4.57. The number of rotatable bonds is 6. The zero-order valence-corrected chi connectivity index (χ0v) is 22.2. The Labute approximate surface area is 226 Å². The van der Waals surface area contributed by atoms with Gasteiger partial charge in [-0.1, -0.05) is 44.2 Å². The van der Waals surface area contributed by atoms with Crippen molar-refractivity contribution in [1.29, 1.82) is 0 Å². The SMILES string of the molecule is COC(=O)[C@@H]1C[C@H](OC(=O)CC(=O)c2ccccc2)C(=O)[C@H]2[C@@]1(C)CC[C@H]1C(=O)O[C@H](c3ccoc3)C[C@]21C. The lowest BCUT2D eigenvalue weighted by atomic mass is 9.43. The first-order valence-corrected chi connectivity index (χ1v) is 13.2. The van der Waals surface area contributed by atoms with E-state index in [0.717, 1.165) is 0 Å². The average molecular weight is 537 g/mol. The number of ketones is 2. The number of benzene rings is 1. The van der Waals surface area contributed by atoms with E-state index in [9.17, 15) is 24.0 Å². The number of esters is 3. The van der Waals surface area contributed by atoms with E-state index in [-0.39, 0.29) is 12.2 Å². The van der Waals surface area contributed by atoms with Gasteiger partial charge in [0.1, 0.15) is 12.5 Å². The van der Waals surface area contributed by atoms with Crippen molar-refractivity contribution < 1.29 is 42.6 Å². The van der Waals surface area contributed by atoms with Gasteiger partial charge in [-0.25, -0.2) is 0 Å². The molecule has 2 heterocycles. The molecule has 206 valence electrons. The van der Waals surface area contributed by atoms with Crippen LogP contribution in [-0.4, -0.2) is 42.7 Å². The first-order chi connectivity index (χ1) is 18.6. The monoisotopic (exact) mass is 536 g/mol. The van der Waals surface area contributed by atoms with Crippen LogP contribution < -0.4 is 0 Å². The summed E-state index contributed by atoms with van der Waals surface area (Å²) in [7, 11) is 1.29. The number of ether oxygens (including phenoxy) is 3. The molecule has 0 bridgehead atoms. The van der Waals surface area contributed by atoms with E-state index < -0.39 is 70.9 Å². The Kier molecular flexibility index (Phi) is 6.95. The third-order valence-electron chi connectivity index (χ3n) is 9.18. The first-order valence-electron chi connectivity index (χ1n) is 13.2. The second-order valence-corrected chi connectivity index (χ2v) is 11.4. The Bertz CT molecular complexity index is 1280. The molecule has 2 saturated carbocycles. The molecule has 0 N–H and O–H groups in total.